The molecule has 0 radical (unpaired) electrons. The van der Waals surface area contributed by atoms with Crippen LogP contribution < -0.4 is 20.7 Å². The number of hydrogen-bond acceptors (Lipinski definition) is 6. The van der Waals surface area contributed by atoms with Gasteiger partial charge in [-0.25, -0.2) is 9.78 Å². The van der Waals surface area contributed by atoms with Crippen molar-refractivity contribution in [1.29, 1.82) is 0 Å². The first-order chi connectivity index (χ1) is 17.5. The largest absolute Gasteiger partial charge is 0.493 e. The fraction of sp³-hybridized carbons (Fsp3) is 0.519. The Morgan fingerprint density at radius 1 is 1.22 bits per heavy atom. The number of methoxy groups -OCH3 is 1. The molecule has 0 saturated heterocycles. The van der Waals surface area contributed by atoms with Crippen LogP contribution in [0.4, 0.5) is 0 Å². The number of rotatable bonds is 12. The van der Waals surface area contributed by atoms with Crippen LogP contribution in [0.1, 0.15) is 57.1 Å². The molecule has 2 aromatic heterocycles. The van der Waals surface area contributed by atoms with Crippen LogP contribution >= 0.6 is 0 Å². The average Bonchev–Trinajstić information content (AvgIpc) is 3.56. The Labute approximate surface area is 210 Å². The third kappa shape index (κ3) is 5.26. The molecule has 9 nitrogen and oxygen atoms in total. The van der Waals surface area contributed by atoms with Crippen LogP contribution in [0, 0.1) is 0 Å². The minimum absolute atomic E-state index is 0.0993. The van der Waals surface area contributed by atoms with E-state index in [9.17, 15) is 14.7 Å². The molecule has 1 atom stereocenters. The lowest BCUT2D eigenvalue weighted by Crippen LogP contribution is -2.44. The van der Waals surface area contributed by atoms with Gasteiger partial charge in [-0.1, -0.05) is 38.3 Å². The molecule has 9 heteroatoms. The first kappa shape index (κ1) is 25.8. The van der Waals surface area contributed by atoms with Crippen LogP contribution in [0.3, 0.4) is 0 Å². The van der Waals surface area contributed by atoms with Gasteiger partial charge < -0.3 is 19.1 Å². The van der Waals surface area contributed by atoms with Crippen molar-refractivity contribution in [3.8, 4) is 11.5 Å². The number of nitrogens with zero attached hydrogens (tertiary/aromatic N) is 4. The standard InChI is InChI=1S/C27H36N4O5/c1-4-6-14-29-25-24(31(18-28-25)20-10-7-8-11-20)26(33)30(27(29)34)16-21(32)17-36-22-13-12-19(9-5-2)15-23(22)35-3/h5,12-13,15,18,20-21,32H,2,4,6-11,14,16-17H2,1,3H3/t21-/m0/s1. The molecule has 1 fully saturated rings. The number of benzene rings is 1. The van der Waals surface area contributed by atoms with Crippen LogP contribution in [0.15, 0.2) is 46.8 Å². The minimum atomic E-state index is -1.08. The number of unbranched alkanes of at least 4 members (excludes halogenated alkanes) is 1. The summed E-state index contributed by atoms with van der Waals surface area (Å²) in [6.45, 7) is 5.99. The highest BCUT2D eigenvalue weighted by Gasteiger charge is 2.25. The predicted molar refractivity (Wildman–Crippen MR) is 139 cm³/mol. The first-order valence-corrected chi connectivity index (χ1v) is 12.8. The Hall–Kier alpha value is -3.33. The van der Waals surface area contributed by atoms with E-state index in [1.807, 2.05) is 16.7 Å². The lowest BCUT2D eigenvalue weighted by atomic mass is 10.1. The Bertz CT molecular complexity index is 1320. The molecular weight excluding hydrogens is 460 g/mol. The molecule has 0 amide bonds. The summed E-state index contributed by atoms with van der Waals surface area (Å²) in [6, 6.07) is 5.75. The maximum atomic E-state index is 13.5. The highest BCUT2D eigenvalue weighted by atomic mass is 16.5. The van der Waals surface area contributed by atoms with E-state index in [0.29, 0.717) is 35.6 Å². The van der Waals surface area contributed by atoms with E-state index >= 15 is 0 Å². The van der Waals surface area contributed by atoms with E-state index in [2.05, 4.69) is 18.5 Å². The SMILES string of the molecule is C=CCc1ccc(OC[C@@H](O)Cn2c(=O)c3c(ncn3C3CCCC3)n(CCCC)c2=O)c(OC)c1. The second-order valence-corrected chi connectivity index (χ2v) is 9.41. The third-order valence-corrected chi connectivity index (χ3v) is 6.83. The molecule has 0 aliphatic heterocycles. The van der Waals surface area contributed by atoms with E-state index in [-0.39, 0.29) is 19.2 Å². The van der Waals surface area contributed by atoms with Gasteiger partial charge >= 0.3 is 5.69 Å². The van der Waals surface area contributed by atoms with Crippen LogP contribution in [0.2, 0.25) is 0 Å². The van der Waals surface area contributed by atoms with Gasteiger partial charge in [0.05, 0.1) is 20.0 Å². The zero-order valence-corrected chi connectivity index (χ0v) is 21.2. The average molecular weight is 497 g/mol. The van der Waals surface area contributed by atoms with Gasteiger partial charge in [0.25, 0.3) is 5.56 Å². The van der Waals surface area contributed by atoms with E-state index in [1.54, 1.807) is 30.1 Å². The minimum Gasteiger partial charge on any atom is -0.493 e. The van der Waals surface area contributed by atoms with Crippen molar-refractivity contribution in [3.05, 3.63) is 63.6 Å². The quantitative estimate of drug-likeness (QED) is 0.386. The number of aliphatic hydroxyl groups is 1. The smallest absolute Gasteiger partial charge is 0.332 e. The monoisotopic (exact) mass is 496 g/mol. The number of aryl methyl sites for hydroxylation is 1. The van der Waals surface area contributed by atoms with E-state index in [4.69, 9.17) is 9.47 Å². The molecule has 2 heterocycles. The van der Waals surface area contributed by atoms with E-state index in [0.717, 1.165) is 48.7 Å². The van der Waals surface area contributed by atoms with Gasteiger partial charge in [0, 0.05) is 12.6 Å². The molecule has 1 aromatic carbocycles. The Morgan fingerprint density at radius 2 is 2.00 bits per heavy atom. The first-order valence-electron chi connectivity index (χ1n) is 12.8. The predicted octanol–water partition coefficient (Wildman–Crippen LogP) is 3.45. The highest BCUT2D eigenvalue weighted by molar-refractivity contribution is 5.70. The molecule has 0 unspecified atom stereocenters. The highest BCUT2D eigenvalue weighted by Crippen LogP contribution is 2.31. The second-order valence-electron chi connectivity index (χ2n) is 9.41. The molecule has 1 aliphatic carbocycles. The molecule has 36 heavy (non-hydrogen) atoms. The van der Waals surface area contributed by atoms with Gasteiger partial charge in [0.15, 0.2) is 22.7 Å². The molecule has 4 rings (SSSR count). The summed E-state index contributed by atoms with van der Waals surface area (Å²) in [7, 11) is 1.55. The Balaban J connectivity index is 1.61. The Morgan fingerprint density at radius 3 is 2.69 bits per heavy atom. The van der Waals surface area contributed by atoms with Gasteiger partial charge in [-0.2, -0.15) is 0 Å². The van der Waals surface area contributed by atoms with Crippen molar-refractivity contribution < 1.29 is 14.6 Å². The molecule has 3 aromatic rings. The molecule has 1 saturated carbocycles. The zero-order valence-electron chi connectivity index (χ0n) is 21.2. The van der Waals surface area contributed by atoms with Crippen LogP contribution in [-0.2, 0) is 19.5 Å². The van der Waals surface area contributed by atoms with Crippen molar-refractivity contribution in [2.75, 3.05) is 13.7 Å². The van der Waals surface area contributed by atoms with Gasteiger partial charge in [-0.15, -0.1) is 6.58 Å². The molecule has 1 aliphatic rings. The number of imidazole rings is 1. The van der Waals surface area contributed by atoms with Crippen molar-refractivity contribution >= 4 is 11.2 Å². The summed E-state index contributed by atoms with van der Waals surface area (Å²) < 4.78 is 15.9. The number of allylic oxidation sites excluding steroid dienone is 1. The third-order valence-electron chi connectivity index (χ3n) is 6.83. The normalized spacial score (nSPS) is 14.9. The maximum Gasteiger partial charge on any atom is 0.332 e. The number of aromatic nitrogens is 4. The van der Waals surface area contributed by atoms with E-state index < -0.39 is 17.4 Å². The van der Waals surface area contributed by atoms with Crippen molar-refractivity contribution in [2.24, 2.45) is 0 Å². The molecular formula is C27H36N4O5. The summed E-state index contributed by atoms with van der Waals surface area (Å²) in [5, 5.41) is 10.8. The van der Waals surface area contributed by atoms with Crippen LogP contribution in [0.5, 0.6) is 11.5 Å². The topological polar surface area (TPSA) is 101 Å². The summed E-state index contributed by atoms with van der Waals surface area (Å²) in [6.07, 6.45) is 9.02. The molecule has 1 N–H and O–H groups in total. The van der Waals surface area contributed by atoms with Crippen molar-refractivity contribution in [1.82, 2.24) is 18.7 Å². The summed E-state index contributed by atoms with van der Waals surface area (Å²) in [4.78, 5) is 31.4. The summed E-state index contributed by atoms with van der Waals surface area (Å²) >= 11 is 0. The summed E-state index contributed by atoms with van der Waals surface area (Å²) in [5.41, 5.74) is 1.02. The second kappa shape index (κ2) is 11.6. The lowest BCUT2D eigenvalue weighted by Gasteiger charge is -2.18. The van der Waals surface area contributed by atoms with Gasteiger partial charge in [-0.3, -0.25) is 13.9 Å². The zero-order chi connectivity index (χ0) is 25.7. The number of hydrogen-bond donors (Lipinski definition) is 1. The van der Waals surface area contributed by atoms with Crippen molar-refractivity contribution in [2.45, 2.75) is 77.1 Å². The Kier molecular flexibility index (Phi) is 8.30. The molecule has 194 valence electrons. The number of ether oxygens (including phenoxy) is 2. The summed E-state index contributed by atoms with van der Waals surface area (Å²) in [5.74, 6) is 1.02. The fourth-order valence-electron chi connectivity index (χ4n) is 4.92. The van der Waals surface area contributed by atoms with E-state index in [1.165, 1.54) is 0 Å². The van der Waals surface area contributed by atoms with Gasteiger partial charge in [0.2, 0.25) is 0 Å². The fourth-order valence-corrected chi connectivity index (χ4v) is 4.92. The van der Waals surface area contributed by atoms with Crippen molar-refractivity contribution in [3.63, 3.8) is 0 Å². The van der Waals surface area contributed by atoms with Crippen LogP contribution in [-0.4, -0.2) is 43.6 Å². The molecule has 0 spiro atoms. The maximum absolute atomic E-state index is 13.5. The lowest BCUT2D eigenvalue weighted by molar-refractivity contribution is 0.0887. The number of fused-ring (bicyclic) bond motifs is 1. The molecule has 0 bridgehead atoms. The number of aliphatic hydroxyl groups excluding tert-OH is 1. The van der Waals surface area contributed by atoms with Gasteiger partial charge in [0.1, 0.15) is 12.7 Å². The van der Waals surface area contributed by atoms with Crippen LogP contribution in [0.25, 0.3) is 11.2 Å². The van der Waals surface area contributed by atoms with Gasteiger partial charge in [-0.05, 0) is 43.4 Å².